The van der Waals surface area contributed by atoms with Crippen LogP contribution in [0.2, 0.25) is 0 Å². The molecule has 0 atom stereocenters. The highest BCUT2D eigenvalue weighted by molar-refractivity contribution is 8.13. The second-order valence-electron chi connectivity index (χ2n) is 2.83. The van der Waals surface area contributed by atoms with E-state index in [9.17, 15) is 21.6 Å². The average molecular weight is 263 g/mol. The van der Waals surface area contributed by atoms with E-state index in [-0.39, 0.29) is 5.69 Å². The SMILES string of the molecule is Cn1nc(CS(=O)(=O)Cl)cc1C(F)(F)F. The Balaban J connectivity index is 3.07. The van der Waals surface area contributed by atoms with Gasteiger partial charge in [0.1, 0.15) is 11.4 Å². The predicted molar refractivity (Wildman–Crippen MR) is 46.7 cm³/mol. The van der Waals surface area contributed by atoms with Crippen LogP contribution in [-0.2, 0) is 28.0 Å². The van der Waals surface area contributed by atoms with Crippen LogP contribution in [-0.4, -0.2) is 18.2 Å². The largest absolute Gasteiger partial charge is 0.433 e. The van der Waals surface area contributed by atoms with Crippen LogP contribution in [0.5, 0.6) is 0 Å². The molecule has 0 unspecified atom stereocenters. The van der Waals surface area contributed by atoms with E-state index >= 15 is 0 Å². The van der Waals surface area contributed by atoms with Crippen LogP contribution < -0.4 is 0 Å². The molecule has 0 bridgehead atoms. The van der Waals surface area contributed by atoms with Gasteiger partial charge in [0.05, 0.1) is 5.69 Å². The van der Waals surface area contributed by atoms with E-state index in [2.05, 4.69) is 5.10 Å². The number of halogens is 4. The third kappa shape index (κ3) is 3.38. The van der Waals surface area contributed by atoms with Crippen LogP contribution in [0.4, 0.5) is 13.2 Å². The third-order valence-corrected chi connectivity index (χ3v) is 2.51. The summed E-state index contributed by atoms with van der Waals surface area (Å²) in [6.07, 6.45) is -4.56. The third-order valence-electron chi connectivity index (χ3n) is 1.54. The van der Waals surface area contributed by atoms with E-state index in [1.165, 1.54) is 0 Å². The molecular formula is C6H6ClF3N2O2S. The first kappa shape index (κ1) is 12.3. The lowest BCUT2D eigenvalue weighted by Gasteiger charge is -2.04. The minimum atomic E-state index is -4.56. The van der Waals surface area contributed by atoms with Crippen molar-refractivity contribution in [3.8, 4) is 0 Å². The van der Waals surface area contributed by atoms with Crippen LogP contribution in [0.1, 0.15) is 11.4 Å². The highest BCUT2D eigenvalue weighted by atomic mass is 35.7. The monoisotopic (exact) mass is 262 g/mol. The molecule has 0 aliphatic heterocycles. The zero-order valence-corrected chi connectivity index (χ0v) is 8.99. The molecule has 0 aliphatic carbocycles. The van der Waals surface area contributed by atoms with E-state index in [0.29, 0.717) is 10.7 Å². The van der Waals surface area contributed by atoms with Gasteiger partial charge in [-0.2, -0.15) is 18.3 Å². The topological polar surface area (TPSA) is 52.0 Å². The van der Waals surface area contributed by atoms with Crippen molar-refractivity contribution in [2.24, 2.45) is 7.05 Å². The zero-order chi connectivity index (χ0) is 11.9. The molecule has 0 spiro atoms. The summed E-state index contributed by atoms with van der Waals surface area (Å²) in [5, 5.41) is 3.40. The van der Waals surface area contributed by atoms with Crippen molar-refractivity contribution in [1.82, 2.24) is 9.78 Å². The quantitative estimate of drug-likeness (QED) is 0.759. The summed E-state index contributed by atoms with van der Waals surface area (Å²) in [5.74, 6) is -0.724. The number of alkyl halides is 3. The molecule has 0 amide bonds. The number of hydrogen-bond donors (Lipinski definition) is 0. The highest BCUT2D eigenvalue weighted by Crippen LogP contribution is 2.29. The van der Waals surface area contributed by atoms with Crippen LogP contribution in [0, 0.1) is 0 Å². The van der Waals surface area contributed by atoms with Crippen molar-refractivity contribution in [1.29, 1.82) is 0 Å². The Morgan fingerprint density at radius 1 is 1.53 bits per heavy atom. The van der Waals surface area contributed by atoms with Gasteiger partial charge < -0.3 is 0 Å². The summed E-state index contributed by atoms with van der Waals surface area (Å²) in [4.78, 5) is 0. The summed E-state index contributed by atoms with van der Waals surface area (Å²) < 4.78 is 58.5. The molecule has 0 aromatic carbocycles. The summed E-state index contributed by atoms with van der Waals surface area (Å²) in [6.45, 7) is 0. The van der Waals surface area contributed by atoms with E-state index in [1.807, 2.05) is 0 Å². The lowest BCUT2D eigenvalue weighted by Crippen LogP contribution is -2.11. The molecule has 1 rings (SSSR count). The summed E-state index contributed by atoms with van der Waals surface area (Å²) in [6, 6.07) is 0.653. The second kappa shape index (κ2) is 3.67. The van der Waals surface area contributed by atoms with Crippen LogP contribution in [0.15, 0.2) is 6.07 Å². The summed E-state index contributed by atoms with van der Waals surface area (Å²) in [7, 11) is 2.06. The van der Waals surface area contributed by atoms with Gasteiger partial charge in [-0.3, -0.25) is 4.68 Å². The van der Waals surface area contributed by atoms with Gasteiger partial charge in [-0.1, -0.05) is 0 Å². The fourth-order valence-corrected chi connectivity index (χ4v) is 1.87. The van der Waals surface area contributed by atoms with Gasteiger partial charge in [-0.25, -0.2) is 8.42 Å². The maximum Gasteiger partial charge on any atom is 0.433 e. The molecule has 0 saturated carbocycles. The molecule has 9 heteroatoms. The van der Waals surface area contributed by atoms with Crippen LogP contribution in [0.25, 0.3) is 0 Å². The molecule has 1 aromatic rings. The average Bonchev–Trinajstić information content (AvgIpc) is 2.25. The molecule has 0 fully saturated rings. The Hall–Kier alpha value is -0.760. The molecular weight excluding hydrogens is 257 g/mol. The minimum absolute atomic E-state index is 0.236. The summed E-state index contributed by atoms with van der Waals surface area (Å²) >= 11 is 0. The van der Waals surface area contributed by atoms with Gasteiger partial charge in [-0.05, 0) is 6.07 Å². The van der Waals surface area contributed by atoms with Crippen molar-refractivity contribution in [2.75, 3.05) is 0 Å². The molecule has 0 N–H and O–H groups in total. The first-order chi connectivity index (χ1) is 6.59. The molecule has 0 saturated heterocycles. The molecule has 86 valence electrons. The van der Waals surface area contributed by atoms with Gasteiger partial charge in [0.25, 0.3) is 0 Å². The normalized spacial score (nSPS) is 13.1. The van der Waals surface area contributed by atoms with Crippen molar-refractivity contribution in [3.63, 3.8) is 0 Å². The zero-order valence-electron chi connectivity index (χ0n) is 7.42. The van der Waals surface area contributed by atoms with E-state index < -0.39 is 26.7 Å². The van der Waals surface area contributed by atoms with Gasteiger partial charge in [0, 0.05) is 17.7 Å². The van der Waals surface area contributed by atoms with E-state index in [4.69, 9.17) is 10.7 Å². The minimum Gasteiger partial charge on any atom is -0.263 e. The number of aromatic nitrogens is 2. The van der Waals surface area contributed by atoms with Gasteiger partial charge in [0.2, 0.25) is 9.05 Å². The number of aryl methyl sites for hydroxylation is 1. The number of rotatable bonds is 2. The molecule has 0 radical (unpaired) electrons. The first-order valence-electron chi connectivity index (χ1n) is 3.62. The Kier molecular flexibility index (Phi) is 3.01. The molecule has 1 aromatic heterocycles. The van der Waals surface area contributed by atoms with Crippen LogP contribution >= 0.6 is 10.7 Å². The smallest absolute Gasteiger partial charge is 0.263 e. The molecule has 0 aliphatic rings. The fourth-order valence-electron chi connectivity index (χ4n) is 1.04. The first-order valence-corrected chi connectivity index (χ1v) is 6.10. The molecule has 4 nitrogen and oxygen atoms in total. The number of hydrogen-bond acceptors (Lipinski definition) is 3. The van der Waals surface area contributed by atoms with E-state index in [0.717, 1.165) is 7.05 Å². The summed E-state index contributed by atoms with van der Waals surface area (Å²) in [5.41, 5.74) is -1.25. The van der Waals surface area contributed by atoms with Crippen molar-refractivity contribution in [3.05, 3.63) is 17.5 Å². The van der Waals surface area contributed by atoms with Gasteiger partial charge in [-0.15, -0.1) is 0 Å². The Morgan fingerprint density at radius 3 is 2.40 bits per heavy atom. The van der Waals surface area contributed by atoms with Gasteiger partial charge in [0.15, 0.2) is 0 Å². The van der Waals surface area contributed by atoms with Crippen molar-refractivity contribution in [2.45, 2.75) is 11.9 Å². The molecule has 15 heavy (non-hydrogen) atoms. The predicted octanol–water partition coefficient (Wildman–Crippen LogP) is 1.51. The Labute approximate surface area is 88.1 Å². The van der Waals surface area contributed by atoms with Crippen LogP contribution in [0.3, 0.4) is 0 Å². The van der Waals surface area contributed by atoms with Gasteiger partial charge >= 0.3 is 6.18 Å². The van der Waals surface area contributed by atoms with Crippen molar-refractivity contribution >= 4 is 19.7 Å². The molecule has 1 heterocycles. The maximum absolute atomic E-state index is 12.3. The fraction of sp³-hybridized carbons (Fsp3) is 0.500. The Bertz CT molecular complexity index is 465. The lowest BCUT2D eigenvalue weighted by atomic mass is 10.3. The lowest BCUT2D eigenvalue weighted by molar-refractivity contribution is -0.143. The maximum atomic E-state index is 12.3. The second-order valence-corrected chi connectivity index (χ2v) is 5.60. The number of nitrogens with zero attached hydrogens (tertiary/aromatic N) is 2. The van der Waals surface area contributed by atoms with Crippen molar-refractivity contribution < 1.29 is 21.6 Å². The highest BCUT2D eigenvalue weighted by Gasteiger charge is 2.35. The Morgan fingerprint density at radius 2 is 2.07 bits per heavy atom. The van der Waals surface area contributed by atoms with E-state index in [1.54, 1.807) is 0 Å². The standard InChI is InChI=1S/C6H6ClF3N2O2S/c1-12-5(6(8,9)10)2-4(11-12)3-15(7,13)14/h2H,3H2,1H3.